The zero-order valence-corrected chi connectivity index (χ0v) is 11.5. The van der Waals surface area contributed by atoms with E-state index in [0.29, 0.717) is 6.01 Å². The van der Waals surface area contributed by atoms with Gasteiger partial charge in [0.2, 0.25) is 0 Å². The molecule has 1 aromatic heterocycles. The lowest BCUT2D eigenvalue weighted by atomic mass is 9.92. The Morgan fingerprint density at radius 3 is 2.50 bits per heavy atom. The monoisotopic (exact) mass is 304 g/mol. The molecule has 3 rings (SSSR count). The number of aryl methyl sites for hydroxylation is 2. The zero-order chi connectivity index (χ0) is 12.4. The van der Waals surface area contributed by atoms with Crippen LogP contribution in [0, 0.1) is 0 Å². The quantitative estimate of drug-likeness (QED) is 0.844. The number of hydrogen-bond donors (Lipinski definition) is 0. The number of hydrogen-bond acceptors (Lipinski definition) is 3. The van der Waals surface area contributed by atoms with Gasteiger partial charge in [-0.3, -0.25) is 0 Å². The van der Waals surface area contributed by atoms with E-state index in [0.717, 1.165) is 16.6 Å². The molecule has 4 heteroatoms. The van der Waals surface area contributed by atoms with Crippen molar-refractivity contribution in [1.82, 2.24) is 9.97 Å². The van der Waals surface area contributed by atoms with Crippen LogP contribution in [-0.2, 0) is 12.8 Å². The lowest BCUT2D eigenvalue weighted by Gasteiger charge is -2.16. The molecule has 1 aliphatic carbocycles. The topological polar surface area (TPSA) is 35.0 Å². The first-order chi connectivity index (χ1) is 8.81. The first kappa shape index (κ1) is 11.7. The maximum atomic E-state index is 5.66. The Balaban J connectivity index is 1.82. The normalized spacial score (nSPS) is 14.1. The molecule has 18 heavy (non-hydrogen) atoms. The SMILES string of the molecule is Brc1cnc(Oc2ccc3c(c2)CCCC3)nc1. The Hall–Kier alpha value is -1.42. The Bertz CT molecular complexity index is 554. The number of benzene rings is 1. The van der Waals surface area contributed by atoms with Gasteiger partial charge in [-0.05, 0) is 64.9 Å². The van der Waals surface area contributed by atoms with Crippen molar-refractivity contribution < 1.29 is 4.74 Å². The number of halogens is 1. The van der Waals surface area contributed by atoms with Crippen molar-refractivity contribution in [3.63, 3.8) is 0 Å². The van der Waals surface area contributed by atoms with E-state index >= 15 is 0 Å². The summed E-state index contributed by atoms with van der Waals surface area (Å²) in [7, 11) is 0. The fourth-order valence-electron chi connectivity index (χ4n) is 2.23. The van der Waals surface area contributed by atoms with Crippen molar-refractivity contribution in [2.45, 2.75) is 25.7 Å². The number of nitrogens with zero attached hydrogens (tertiary/aromatic N) is 2. The molecule has 0 unspecified atom stereocenters. The maximum absolute atomic E-state index is 5.66. The average Bonchev–Trinajstić information content (AvgIpc) is 2.41. The van der Waals surface area contributed by atoms with Crippen LogP contribution >= 0.6 is 15.9 Å². The molecule has 1 aliphatic rings. The molecule has 0 aliphatic heterocycles. The maximum Gasteiger partial charge on any atom is 0.321 e. The van der Waals surface area contributed by atoms with E-state index < -0.39 is 0 Å². The van der Waals surface area contributed by atoms with Gasteiger partial charge in [-0.2, -0.15) is 0 Å². The standard InChI is InChI=1S/C14H13BrN2O/c15-12-8-16-14(17-9-12)18-13-6-5-10-3-1-2-4-11(10)7-13/h5-9H,1-4H2. The van der Waals surface area contributed by atoms with E-state index in [1.807, 2.05) is 6.07 Å². The summed E-state index contributed by atoms with van der Waals surface area (Å²) in [4.78, 5) is 8.21. The van der Waals surface area contributed by atoms with Crippen LogP contribution in [0.15, 0.2) is 35.1 Å². The fourth-order valence-corrected chi connectivity index (χ4v) is 2.44. The molecule has 0 amide bonds. The molecule has 0 saturated heterocycles. The third-order valence-corrected chi connectivity index (χ3v) is 3.54. The van der Waals surface area contributed by atoms with E-state index in [2.05, 4.69) is 38.0 Å². The van der Waals surface area contributed by atoms with Gasteiger partial charge in [0.25, 0.3) is 0 Å². The first-order valence-corrected chi connectivity index (χ1v) is 6.88. The average molecular weight is 305 g/mol. The summed E-state index contributed by atoms with van der Waals surface area (Å²) in [6, 6.07) is 6.65. The molecule has 0 atom stereocenters. The minimum atomic E-state index is 0.383. The molecule has 0 bridgehead atoms. The Morgan fingerprint density at radius 1 is 1.00 bits per heavy atom. The summed E-state index contributed by atoms with van der Waals surface area (Å²) in [6.07, 6.45) is 8.26. The molecule has 3 nitrogen and oxygen atoms in total. The summed E-state index contributed by atoms with van der Waals surface area (Å²) in [5.41, 5.74) is 2.85. The van der Waals surface area contributed by atoms with E-state index in [4.69, 9.17) is 4.74 Å². The van der Waals surface area contributed by atoms with E-state index in [1.54, 1.807) is 12.4 Å². The lowest BCUT2D eigenvalue weighted by molar-refractivity contribution is 0.440. The highest BCUT2D eigenvalue weighted by molar-refractivity contribution is 9.10. The van der Waals surface area contributed by atoms with Crippen molar-refractivity contribution in [3.05, 3.63) is 46.2 Å². The van der Waals surface area contributed by atoms with Crippen LogP contribution in [0.25, 0.3) is 0 Å². The van der Waals surface area contributed by atoms with Crippen molar-refractivity contribution in [1.29, 1.82) is 0 Å². The predicted octanol–water partition coefficient (Wildman–Crippen LogP) is 3.91. The van der Waals surface area contributed by atoms with Crippen LogP contribution in [0.3, 0.4) is 0 Å². The summed E-state index contributed by atoms with van der Waals surface area (Å²) in [6.45, 7) is 0. The number of fused-ring (bicyclic) bond motifs is 1. The molecular formula is C14H13BrN2O. The molecule has 92 valence electrons. The highest BCUT2D eigenvalue weighted by Gasteiger charge is 2.10. The van der Waals surface area contributed by atoms with E-state index in [1.165, 1.54) is 30.4 Å². The van der Waals surface area contributed by atoms with Gasteiger partial charge in [-0.25, -0.2) is 9.97 Å². The summed E-state index contributed by atoms with van der Waals surface area (Å²) < 4.78 is 6.50. The number of rotatable bonds is 2. The molecular weight excluding hydrogens is 292 g/mol. The fraction of sp³-hybridized carbons (Fsp3) is 0.286. The van der Waals surface area contributed by atoms with Gasteiger partial charge in [-0.15, -0.1) is 0 Å². The van der Waals surface area contributed by atoms with Crippen LogP contribution in [-0.4, -0.2) is 9.97 Å². The first-order valence-electron chi connectivity index (χ1n) is 6.08. The van der Waals surface area contributed by atoms with Crippen LogP contribution < -0.4 is 4.74 Å². The Labute approximate surface area is 114 Å². The number of aromatic nitrogens is 2. The molecule has 1 heterocycles. The van der Waals surface area contributed by atoms with Crippen molar-refractivity contribution in [2.75, 3.05) is 0 Å². The van der Waals surface area contributed by atoms with Crippen LogP contribution in [0.4, 0.5) is 0 Å². The minimum absolute atomic E-state index is 0.383. The highest BCUT2D eigenvalue weighted by Crippen LogP contribution is 2.27. The van der Waals surface area contributed by atoms with Crippen LogP contribution in [0.5, 0.6) is 11.8 Å². The predicted molar refractivity (Wildman–Crippen MR) is 72.9 cm³/mol. The van der Waals surface area contributed by atoms with Crippen molar-refractivity contribution >= 4 is 15.9 Å². The lowest BCUT2D eigenvalue weighted by Crippen LogP contribution is -2.02. The molecule has 0 N–H and O–H groups in total. The van der Waals surface area contributed by atoms with Gasteiger partial charge in [0.1, 0.15) is 5.75 Å². The third-order valence-electron chi connectivity index (χ3n) is 3.13. The summed E-state index contributed by atoms with van der Waals surface area (Å²) >= 11 is 3.30. The zero-order valence-electron chi connectivity index (χ0n) is 9.90. The molecule has 0 saturated carbocycles. The third kappa shape index (κ3) is 2.53. The van der Waals surface area contributed by atoms with Gasteiger partial charge in [0.05, 0.1) is 4.47 Å². The van der Waals surface area contributed by atoms with Crippen LogP contribution in [0.2, 0.25) is 0 Å². The van der Waals surface area contributed by atoms with E-state index in [-0.39, 0.29) is 0 Å². The highest BCUT2D eigenvalue weighted by atomic mass is 79.9. The summed E-state index contributed by atoms with van der Waals surface area (Å²) in [5, 5.41) is 0. The molecule has 0 radical (unpaired) electrons. The Kier molecular flexibility index (Phi) is 3.28. The van der Waals surface area contributed by atoms with Gasteiger partial charge < -0.3 is 4.74 Å². The summed E-state index contributed by atoms with van der Waals surface area (Å²) in [5.74, 6) is 0.818. The minimum Gasteiger partial charge on any atom is -0.424 e. The van der Waals surface area contributed by atoms with Crippen LogP contribution in [0.1, 0.15) is 24.0 Å². The molecule has 2 aromatic rings. The molecule has 1 aromatic carbocycles. The second-order valence-corrected chi connectivity index (χ2v) is 5.34. The second-order valence-electron chi connectivity index (χ2n) is 4.42. The van der Waals surface area contributed by atoms with Crippen molar-refractivity contribution in [3.8, 4) is 11.8 Å². The van der Waals surface area contributed by atoms with Gasteiger partial charge in [0, 0.05) is 12.4 Å². The van der Waals surface area contributed by atoms with Gasteiger partial charge in [-0.1, -0.05) is 6.07 Å². The Morgan fingerprint density at radius 2 is 1.72 bits per heavy atom. The van der Waals surface area contributed by atoms with Crippen molar-refractivity contribution in [2.24, 2.45) is 0 Å². The largest absolute Gasteiger partial charge is 0.424 e. The van der Waals surface area contributed by atoms with Gasteiger partial charge >= 0.3 is 6.01 Å². The number of ether oxygens (including phenoxy) is 1. The van der Waals surface area contributed by atoms with Gasteiger partial charge in [0.15, 0.2) is 0 Å². The molecule has 0 fully saturated rings. The van der Waals surface area contributed by atoms with E-state index in [9.17, 15) is 0 Å². The molecule has 0 spiro atoms. The smallest absolute Gasteiger partial charge is 0.321 e. The second kappa shape index (κ2) is 5.06.